The van der Waals surface area contributed by atoms with Gasteiger partial charge in [-0.2, -0.15) is 0 Å². The highest BCUT2D eigenvalue weighted by Gasteiger charge is 2.51. The van der Waals surface area contributed by atoms with Crippen LogP contribution in [0.2, 0.25) is 0 Å². The molecule has 0 saturated heterocycles. The second-order valence-corrected chi connectivity index (χ2v) is 4.37. The minimum Gasteiger partial charge on any atom is -0.497 e. The summed E-state index contributed by atoms with van der Waals surface area (Å²) in [6.07, 6.45) is 1.36. The maximum atomic E-state index is 11.9. The first kappa shape index (κ1) is 12.5. The van der Waals surface area contributed by atoms with Crippen molar-refractivity contribution in [1.82, 2.24) is 0 Å². The molecule has 0 bridgehead atoms. The molecule has 3 heteroatoms. The summed E-state index contributed by atoms with van der Waals surface area (Å²) in [4.78, 5) is 10.6. The molecule has 1 aromatic rings. The van der Waals surface area contributed by atoms with E-state index in [1.54, 1.807) is 0 Å². The van der Waals surface area contributed by atoms with Gasteiger partial charge in [-0.15, -0.1) is 6.58 Å². The molecule has 0 radical (unpaired) electrons. The molecule has 1 unspecified atom stereocenters. The van der Waals surface area contributed by atoms with Gasteiger partial charge in [0.15, 0.2) is 4.87 Å². The van der Waals surface area contributed by atoms with E-state index in [-0.39, 0.29) is 5.78 Å². The molecule has 1 atom stereocenters. The van der Waals surface area contributed by atoms with Crippen LogP contribution in [0.1, 0.15) is 5.56 Å². The van der Waals surface area contributed by atoms with Crippen molar-refractivity contribution in [2.24, 2.45) is 0 Å². The Morgan fingerprint density at radius 1 is 1.33 bits per heavy atom. The molecule has 0 saturated carbocycles. The van der Waals surface area contributed by atoms with Crippen LogP contribution in [0.5, 0.6) is 0 Å². The molecular formula is C15H11ClO2. The van der Waals surface area contributed by atoms with E-state index in [9.17, 15) is 4.79 Å². The third kappa shape index (κ3) is 1.83. The monoisotopic (exact) mass is 258 g/mol. The number of benzene rings is 1. The van der Waals surface area contributed by atoms with Crippen LogP contribution in [0.15, 0.2) is 54.3 Å². The van der Waals surface area contributed by atoms with E-state index in [0.29, 0.717) is 11.3 Å². The number of hydrogen-bond acceptors (Lipinski definition) is 2. The van der Waals surface area contributed by atoms with Crippen molar-refractivity contribution in [2.75, 3.05) is 7.11 Å². The fourth-order valence-electron chi connectivity index (χ4n) is 1.71. The van der Waals surface area contributed by atoms with Gasteiger partial charge in [-0.1, -0.05) is 47.7 Å². The number of Topliss-reactive ketones (excluding diaryl/α,β-unsaturated/α-hetero) is 1. The van der Waals surface area contributed by atoms with Gasteiger partial charge in [0.25, 0.3) is 0 Å². The van der Waals surface area contributed by atoms with Gasteiger partial charge < -0.3 is 4.74 Å². The minimum atomic E-state index is -1.24. The number of alkyl halides is 1. The summed E-state index contributed by atoms with van der Waals surface area (Å²) < 4.78 is 5.12. The Hall–Kier alpha value is -1.98. The van der Waals surface area contributed by atoms with Gasteiger partial charge in [0.2, 0.25) is 5.78 Å². The predicted molar refractivity (Wildman–Crippen MR) is 71.1 cm³/mol. The zero-order valence-electron chi connectivity index (χ0n) is 9.87. The lowest BCUT2D eigenvalue weighted by Gasteiger charge is -2.32. The molecule has 18 heavy (non-hydrogen) atoms. The highest BCUT2D eigenvalue weighted by Crippen LogP contribution is 2.41. The van der Waals surface area contributed by atoms with Crippen LogP contribution >= 0.6 is 11.6 Å². The second-order valence-electron chi connectivity index (χ2n) is 3.77. The Balaban J connectivity index is 2.37. The number of hydrogen-bond donors (Lipinski definition) is 0. The summed E-state index contributed by atoms with van der Waals surface area (Å²) in [6, 6.07) is 9.40. The van der Waals surface area contributed by atoms with Gasteiger partial charge in [-0.05, 0) is 12.1 Å². The van der Waals surface area contributed by atoms with Crippen molar-refractivity contribution in [3.05, 3.63) is 59.9 Å². The van der Waals surface area contributed by atoms with Crippen molar-refractivity contribution in [1.29, 1.82) is 0 Å². The van der Waals surface area contributed by atoms with E-state index < -0.39 is 4.87 Å². The second kappa shape index (κ2) is 4.72. The van der Waals surface area contributed by atoms with E-state index in [1.165, 1.54) is 13.2 Å². The van der Waals surface area contributed by atoms with E-state index >= 15 is 0 Å². The molecular weight excluding hydrogens is 248 g/mol. The van der Waals surface area contributed by atoms with Gasteiger partial charge in [0, 0.05) is 5.56 Å². The molecule has 0 N–H and O–H groups in total. The van der Waals surface area contributed by atoms with Crippen LogP contribution in [-0.4, -0.2) is 17.8 Å². The third-order valence-electron chi connectivity index (χ3n) is 2.71. The number of ether oxygens (including phenoxy) is 1. The highest BCUT2D eigenvalue weighted by atomic mass is 35.5. The van der Waals surface area contributed by atoms with Gasteiger partial charge in [-0.3, -0.25) is 4.79 Å². The quantitative estimate of drug-likeness (QED) is 0.463. The Kier molecular flexibility index (Phi) is 3.27. The molecule has 0 amide bonds. The first-order valence-corrected chi connectivity index (χ1v) is 5.74. The SMILES string of the molecule is C=CC1(Cl)C(=O)C(C#Cc2ccccc2)=C1OC. The molecule has 2 nitrogen and oxygen atoms in total. The minimum absolute atomic E-state index is 0.264. The normalized spacial score (nSPS) is 21.8. The van der Waals surface area contributed by atoms with Gasteiger partial charge in [0.1, 0.15) is 11.3 Å². The van der Waals surface area contributed by atoms with Crippen LogP contribution in [0.3, 0.4) is 0 Å². The molecule has 0 aliphatic heterocycles. The number of carbonyl (C=O) groups is 1. The lowest BCUT2D eigenvalue weighted by molar-refractivity contribution is -0.119. The van der Waals surface area contributed by atoms with Crippen LogP contribution in [-0.2, 0) is 9.53 Å². The zero-order chi connectivity index (χ0) is 13.2. The molecule has 0 heterocycles. The van der Waals surface area contributed by atoms with E-state index in [2.05, 4.69) is 18.4 Å². The van der Waals surface area contributed by atoms with Crippen molar-refractivity contribution in [3.63, 3.8) is 0 Å². The Labute approximate surface area is 111 Å². The largest absolute Gasteiger partial charge is 0.497 e. The van der Waals surface area contributed by atoms with Gasteiger partial charge >= 0.3 is 0 Å². The van der Waals surface area contributed by atoms with Gasteiger partial charge in [-0.25, -0.2) is 0 Å². The van der Waals surface area contributed by atoms with Crippen LogP contribution < -0.4 is 0 Å². The molecule has 1 aliphatic carbocycles. The van der Waals surface area contributed by atoms with Crippen LogP contribution in [0.4, 0.5) is 0 Å². The Bertz CT molecular complexity index is 590. The Morgan fingerprint density at radius 3 is 2.56 bits per heavy atom. The van der Waals surface area contributed by atoms with Crippen molar-refractivity contribution in [2.45, 2.75) is 4.87 Å². The average molecular weight is 259 g/mol. The predicted octanol–water partition coefficient (Wildman–Crippen LogP) is 2.68. The van der Waals surface area contributed by atoms with Crippen molar-refractivity contribution >= 4 is 17.4 Å². The number of carbonyl (C=O) groups excluding carboxylic acids is 1. The smallest absolute Gasteiger partial charge is 0.207 e. The Morgan fingerprint density at radius 2 is 2.00 bits per heavy atom. The summed E-state index contributed by atoms with van der Waals surface area (Å²) >= 11 is 6.07. The summed E-state index contributed by atoms with van der Waals surface area (Å²) in [6.45, 7) is 3.54. The summed E-state index contributed by atoms with van der Waals surface area (Å²) in [5, 5.41) is 0. The number of allylic oxidation sites excluding steroid dienone is 2. The average Bonchev–Trinajstić information content (AvgIpc) is 2.42. The number of halogens is 1. The fourth-order valence-corrected chi connectivity index (χ4v) is 1.98. The molecule has 1 aromatic carbocycles. The highest BCUT2D eigenvalue weighted by molar-refractivity contribution is 6.46. The summed E-state index contributed by atoms with van der Waals surface area (Å²) in [5.41, 5.74) is 1.15. The zero-order valence-corrected chi connectivity index (χ0v) is 10.6. The number of methoxy groups -OCH3 is 1. The maximum Gasteiger partial charge on any atom is 0.207 e. The van der Waals surface area contributed by atoms with Crippen LogP contribution in [0.25, 0.3) is 0 Å². The topological polar surface area (TPSA) is 26.3 Å². The summed E-state index contributed by atoms with van der Waals surface area (Å²) in [7, 11) is 1.46. The maximum absolute atomic E-state index is 11.9. The van der Waals surface area contributed by atoms with E-state index in [0.717, 1.165) is 5.56 Å². The fraction of sp³-hybridized carbons (Fsp3) is 0.133. The molecule has 0 spiro atoms. The molecule has 90 valence electrons. The lowest BCUT2D eigenvalue weighted by Crippen LogP contribution is -2.44. The lowest BCUT2D eigenvalue weighted by atomic mass is 9.81. The van der Waals surface area contributed by atoms with Crippen LogP contribution in [0, 0.1) is 11.8 Å². The molecule has 2 rings (SSSR count). The van der Waals surface area contributed by atoms with Gasteiger partial charge in [0.05, 0.1) is 7.11 Å². The third-order valence-corrected chi connectivity index (χ3v) is 3.20. The molecule has 0 aromatic heterocycles. The van der Waals surface area contributed by atoms with Crippen molar-refractivity contribution in [3.8, 4) is 11.8 Å². The molecule has 1 aliphatic rings. The summed E-state index contributed by atoms with van der Waals surface area (Å²) in [5.74, 6) is 5.80. The first-order chi connectivity index (χ1) is 8.63. The van der Waals surface area contributed by atoms with Crippen molar-refractivity contribution < 1.29 is 9.53 Å². The van der Waals surface area contributed by atoms with E-state index in [1.807, 2.05) is 30.3 Å². The van der Waals surface area contributed by atoms with E-state index in [4.69, 9.17) is 16.3 Å². The number of ketones is 1. The molecule has 0 fully saturated rings. The first-order valence-electron chi connectivity index (χ1n) is 5.36. The number of rotatable bonds is 2. The standard InChI is InChI=1S/C15H11ClO2/c1-3-15(16)13(17)12(14(15)18-2)10-9-11-7-5-4-6-8-11/h3-8H,1H2,2H3.